The molecule has 160 valence electrons. The number of ketones is 1. The predicted molar refractivity (Wildman–Crippen MR) is 119 cm³/mol. The molecule has 1 N–H and O–H groups in total. The van der Waals surface area contributed by atoms with E-state index in [2.05, 4.69) is 19.9 Å². The van der Waals surface area contributed by atoms with Crippen LogP contribution in [0.2, 0.25) is 0 Å². The second kappa shape index (κ2) is 8.15. The number of aryl methyl sites for hydroxylation is 1. The number of anilines is 1. The lowest BCUT2D eigenvalue weighted by Crippen LogP contribution is -2.51. The van der Waals surface area contributed by atoms with Gasteiger partial charge in [-0.2, -0.15) is 9.78 Å². The van der Waals surface area contributed by atoms with Crippen LogP contribution in [0.1, 0.15) is 35.0 Å². The van der Waals surface area contributed by atoms with E-state index in [1.54, 1.807) is 17.8 Å². The zero-order chi connectivity index (χ0) is 21.4. The minimum absolute atomic E-state index is 0.0997. The van der Waals surface area contributed by atoms with Crippen molar-refractivity contribution in [2.45, 2.75) is 32.2 Å². The molecular formula is C24H27N5O2. The van der Waals surface area contributed by atoms with E-state index in [-0.39, 0.29) is 11.7 Å². The molecule has 3 heterocycles. The third-order valence-corrected chi connectivity index (χ3v) is 6.53. The van der Waals surface area contributed by atoms with Crippen molar-refractivity contribution < 1.29 is 9.90 Å². The molecule has 1 unspecified atom stereocenters. The van der Waals surface area contributed by atoms with E-state index in [0.29, 0.717) is 11.9 Å². The number of carbonyl (C=O) groups excluding carboxylic acids is 1. The molecule has 1 aliphatic heterocycles. The van der Waals surface area contributed by atoms with Crippen molar-refractivity contribution in [1.29, 1.82) is 0 Å². The quantitative estimate of drug-likeness (QED) is 0.658. The molecule has 1 aliphatic carbocycles. The van der Waals surface area contributed by atoms with Crippen LogP contribution in [-0.2, 0) is 12.8 Å². The van der Waals surface area contributed by atoms with E-state index < -0.39 is 0 Å². The summed E-state index contributed by atoms with van der Waals surface area (Å²) in [5.74, 6) is 0.973. The second-order valence-electron chi connectivity index (χ2n) is 8.37. The minimum Gasteiger partial charge on any atom is -0.493 e. The van der Waals surface area contributed by atoms with Gasteiger partial charge in [0, 0.05) is 55.2 Å². The Hall–Kier alpha value is -3.19. The maximum atomic E-state index is 11.5. The van der Waals surface area contributed by atoms with Crippen LogP contribution in [0, 0.1) is 0 Å². The smallest absolute Gasteiger partial charge is 0.219 e. The lowest BCUT2D eigenvalue weighted by atomic mass is 9.91. The lowest BCUT2D eigenvalue weighted by Gasteiger charge is -2.41. The molecule has 7 nitrogen and oxygen atoms in total. The molecule has 7 heteroatoms. The third-order valence-electron chi connectivity index (χ3n) is 6.53. The van der Waals surface area contributed by atoms with Crippen molar-refractivity contribution in [1.82, 2.24) is 19.7 Å². The van der Waals surface area contributed by atoms with Gasteiger partial charge in [0.15, 0.2) is 11.6 Å². The van der Waals surface area contributed by atoms with Crippen LogP contribution in [0.4, 0.5) is 5.69 Å². The summed E-state index contributed by atoms with van der Waals surface area (Å²) < 4.78 is 1.57. The Labute approximate surface area is 181 Å². The lowest BCUT2D eigenvalue weighted by molar-refractivity contribution is 0.101. The number of carbonyl (C=O) groups is 1. The molecule has 1 fully saturated rings. The molecule has 0 bridgehead atoms. The minimum atomic E-state index is 0.0997. The molecule has 0 saturated carbocycles. The maximum absolute atomic E-state index is 11.5. The van der Waals surface area contributed by atoms with E-state index in [9.17, 15) is 9.90 Å². The fourth-order valence-corrected chi connectivity index (χ4v) is 4.74. The summed E-state index contributed by atoms with van der Waals surface area (Å²) in [5.41, 5.74) is 3.88. The zero-order valence-corrected chi connectivity index (χ0v) is 17.7. The Bertz CT molecular complexity index is 1070. The van der Waals surface area contributed by atoms with Crippen LogP contribution in [0.3, 0.4) is 0 Å². The highest BCUT2D eigenvalue weighted by atomic mass is 16.3. The van der Waals surface area contributed by atoms with Gasteiger partial charge in [-0.1, -0.05) is 6.07 Å². The van der Waals surface area contributed by atoms with Crippen LogP contribution in [-0.4, -0.2) is 62.8 Å². The van der Waals surface area contributed by atoms with Gasteiger partial charge in [-0.25, -0.2) is 4.98 Å². The molecule has 1 atom stereocenters. The highest BCUT2D eigenvalue weighted by molar-refractivity contribution is 5.94. The first kappa shape index (κ1) is 19.8. The fraction of sp³-hybridized carbons (Fsp3) is 0.375. The molecule has 2 aliphatic rings. The second-order valence-corrected chi connectivity index (χ2v) is 8.37. The molecule has 2 aromatic heterocycles. The number of piperazine rings is 1. The summed E-state index contributed by atoms with van der Waals surface area (Å²) in [4.78, 5) is 20.7. The van der Waals surface area contributed by atoms with Crippen molar-refractivity contribution in [2.75, 3.05) is 31.1 Å². The topological polar surface area (TPSA) is 74.5 Å². The first-order valence-electron chi connectivity index (χ1n) is 10.9. The van der Waals surface area contributed by atoms with Crippen molar-refractivity contribution >= 4 is 11.5 Å². The molecular weight excluding hydrogens is 390 g/mol. The van der Waals surface area contributed by atoms with Crippen molar-refractivity contribution in [3.05, 3.63) is 65.5 Å². The number of hydrogen-bond acceptors (Lipinski definition) is 6. The number of fused-ring (bicyclic) bond motifs is 1. The molecule has 31 heavy (non-hydrogen) atoms. The average molecular weight is 418 g/mol. The average Bonchev–Trinajstić information content (AvgIpc) is 3.15. The predicted octanol–water partition coefficient (Wildman–Crippen LogP) is 2.86. The van der Waals surface area contributed by atoms with Crippen molar-refractivity contribution in [3.63, 3.8) is 0 Å². The number of pyridine rings is 1. The molecule has 0 radical (unpaired) electrons. The number of aromatic hydroxyl groups is 1. The van der Waals surface area contributed by atoms with Gasteiger partial charge in [0.1, 0.15) is 0 Å². The van der Waals surface area contributed by atoms with Crippen LogP contribution >= 0.6 is 0 Å². The summed E-state index contributed by atoms with van der Waals surface area (Å²) in [7, 11) is 0. The van der Waals surface area contributed by atoms with Gasteiger partial charge in [-0.05, 0) is 62.6 Å². The normalized spacial score (nSPS) is 19.3. The fourth-order valence-electron chi connectivity index (χ4n) is 4.74. The van der Waals surface area contributed by atoms with E-state index >= 15 is 0 Å². The Morgan fingerprint density at radius 3 is 2.52 bits per heavy atom. The first-order chi connectivity index (χ1) is 15.1. The Kier molecular flexibility index (Phi) is 5.19. The number of hydrogen-bond donors (Lipinski definition) is 1. The third kappa shape index (κ3) is 3.81. The number of Topliss-reactive ketones (excluding diaryl/α,β-unsaturated/α-hetero) is 1. The van der Waals surface area contributed by atoms with Gasteiger partial charge in [0.25, 0.3) is 0 Å². The van der Waals surface area contributed by atoms with Crippen LogP contribution in [0.25, 0.3) is 5.82 Å². The maximum Gasteiger partial charge on any atom is 0.219 e. The zero-order valence-electron chi connectivity index (χ0n) is 17.7. The summed E-state index contributed by atoms with van der Waals surface area (Å²) in [6, 6.07) is 13.9. The van der Waals surface area contributed by atoms with E-state index in [0.717, 1.165) is 62.3 Å². The molecule has 0 spiro atoms. The molecule has 5 rings (SSSR count). The largest absolute Gasteiger partial charge is 0.493 e. The van der Waals surface area contributed by atoms with Gasteiger partial charge in [-0.3, -0.25) is 9.69 Å². The Morgan fingerprint density at radius 2 is 1.84 bits per heavy atom. The van der Waals surface area contributed by atoms with Gasteiger partial charge >= 0.3 is 0 Å². The SMILES string of the molecule is CC(=O)c1ccc(N2CCN(C3CCc4nn(-c5ccccn5)c(O)c4C3)CC2)cc1. The molecule has 1 saturated heterocycles. The standard InChI is InChI=1S/C24H27N5O2/c1-17(30)18-5-7-19(8-6-18)27-12-14-28(15-13-27)20-9-10-22-21(16-20)24(31)29(26-22)23-4-2-3-11-25-23/h2-8,11,20,31H,9-10,12-16H2,1H3. The van der Waals surface area contributed by atoms with Gasteiger partial charge in [-0.15, -0.1) is 0 Å². The molecule has 0 amide bonds. The summed E-state index contributed by atoms with van der Waals surface area (Å²) in [6.07, 6.45) is 4.46. The van der Waals surface area contributed by atoms with E-state index in [1.165, 1.54) is 5.69 Å². The first-order valence-corrected chi connectivity index (χ1v) is 10.9. The highest BCUT2D eigenvalue weighted by Crippen LogP contribution is 2.32. The number of nitrogens with zero attached hydrogens (tertiary/aromatic N) is 5. The summed E-state index contributed by atoms with van der Waals surface area (Å²) in [5, 5.41) is 15.4. The van der Waals surface area contributed by atoms with Crippen LogP contribution in [0.5, 0.6) is 5.88 Å². The Morgan fingerprint density at radius 1 is 1.06 bits per heavy atom. The van der Waals surface area contributed by atoms with Crippen LogP contribution < -0.4 is 4.90 Å². The Balaban J connectivity index is 1.25. The van der Waals surface area contributed by atoms with Gasteiger partial charge < -0.3 is 10.0 Å². The van der Waals surface area contributed by atoms with Crippen LogP contribution in [0.15, 0.2) is 48.7 Å². The number of rotatable bonds is 4. The highest BCUT2D eigenvalue weighted by Gasteiger charge is 2.31. The van der Waals surface area contributed by atoms with Crippen molar-refractivity contribution in [3.8, 4) is 11.7 Å². The van der Waals surface area contributed by atoms with Gasteiger partial charge in [0.2, 0.25) is 5.88 Å². The van der Waals surface area contributed by atoms with Crippen molar-refractivity contribution in [2.24, 2.45) is 0 Å². The summed E-state index contributed by atoms with van der Waals surface area (Å²) >= 11 is 0. The van der Waals surface area contributed by atoms with Gasteiger partial charge in [0.05, 0.1) is 5.69 Å². The number of aromatic nitrogens is 3. The monoisotopic (exact) mass is 417 g/mol. The van der Waals surface area contributed by atoms with E-state index in [4.69, 9.17) is 0 Å². The summed E-state index contributed by atoms with van der Waals surface area (Å²) in [6.45, 7) is 5.50. The molecule has 3 aromatic rings. The van der Waals surface area contributed by atoms with E-state index in [1.807, 2.05) is 42.5 Å². The molecule has 1 aromatic carbocycles. The number of benzene rings is 1.